The number of alkyl carbamates (subject to hydrolysis) is 1. The Morgan fingerprint density at radius 1 is 0.927 bits per heavy atom. The molecule has 2 rings (SSSR count). The fraction of sp³-hybridized carbons (Fsp3) is 0.545. The van der Waals surface area contributed by atoms with Crippen molar-refractivity contribution in [1.29, 1.82) is 0 Å². The minimum Gasteiger partial charge on any atom is -0.444 e. The van der Waals surface area contributed by atoms with E-state index in [0.717, 1.165) is 27.9 Å². The van der Waals surface area contributed by atoms with Crippen LogP contribution in [0.5, 0.6) is 0 Å². The van der Waals surface area contributed by atoms with Gasteiger partial charge in [0.2, 0.25) is 5.91 Å². The van der Waals surface area contributed by atoms with E-state index in [1.807, 2.05) is 91.1 Å². The molecule has 0 bridgehead atoms. The van der Waals surface area contributed by atoms with E-state index in [0.29, 0.717) is 24.2 Å². The van der Waals surface area contributed by atoms with Gasteiger partial charge in [-0.25, -0.2) is 4.79 Å². The number of thioether (sulfide) groups is 1. The Bertz CT molecular complexity index is 1220. The van der Waals surface area contributed by atoms with Crippen LogP contribution in [0.1, 0.15) is 88.2 Å². The summed E-state index contributed by atoms with van der Waals surface area (Å²) in [6, 6.07) is 9.94. The smallest absolute Gasteiger partial charge is 0.408 e. The number of amides is 3. The van der Waals surface area contributed by atoms with Gasteiger partial charge in [-0.1, -0.05) is 43.3 Å². The van der Waals surface area contributed by atoms with E-state index in [2.05, 4.69) is 10.6 Å². The Labute approximate surface area is 251 Å². The zero-order chi connectivity index (χ0) is 31.1. The van der Waals surface area contributed by atoms with Gasteiger partial charge in [0.1, 0.15) is 17.7 Å². The van der Waals surface area contributed by atoms with Crippen LogP contribution < -0.4 is 10.6 Å². The molecule has 2 N–H and O–H groups in total. The lowest BCUT2D eigenvalue weighted by molar-refractivity contribution is -0.147. The summed E-state index contributed by atoms with van der Waals surface area (Å²) in [4.78, 5) is 43.5. The van der Waals surface area contributed by atoms with Gasteiger partial charge in [0.25, 0.3) is 5.91 Å². The molecule has 2 atom stereocenters. The zero-order valence-corrected chi connectivity index (χ0v) is 27.5. The molecule has 2 aromatic rings. The Balaban J connectivity index is 2.70. The van der Waals surface area contributed by atoms with Crippen LogP contribution in [-0.4, -0.2) is 52.0 Å². The fourth-order valence-corrected chi connectivity index (χ4v) is 5.08. The van der Waals surface area contributed by atoms with Crippen molar-refractivity contribution in [3.63, 3.8) is 0 Å². The molecule has 0 radical (unpaired) electrons. The molecule has 0 spiro atoms. The van der Waals surface area contributed by atoms with E-state index >= 15 is 0 Å². The van der Waals surface area contributed by atoms with Crippen LogP contribution >= 0.6 is 11.8 Å². The third-order valence-electron chi connectivity index (χ3n) is 7.44. The van der Waals surface area contributed by atoms with Crippen LogP contribution in [0.25, 0.3) is 0 Å². The summed E-state index contributed by atoms with van der Waals surface area (Å²) in [5.74, 6) is 0.0215. The predicted octanol–water partition coefficient (Wildman–Crippen LogP) is 7.26. The van der Waals surface area contributed by atoms with Gasteiger partial charge >= 0.3 is 6.09 Å². The van der Waals surface area contributed by atoms with Crippen molar-refractivity contribution in [3.05, 3.63) is 64.2 Å². The number of anilines is 1. The van der Waals surface area contributed by atoms with Gasteiger partial charge < -0.3 is 20.3 Å². The highest BCUT2D eigenvalue weighted by Crippen LogP contribution is 2.35. The van der Waals surface area contributed by atoms with Gasteiger partial charge in [0, 0.05) is 11.2 Å². The summed E-state index contributed by atoms with van der Waals surface area (Å²) in [5.41, 5.74) is 4.02. The summed E-state index contributed by atoms with van der Waals surface area (Å²) in [7, 11) is 0. The van der Waals surface area contributed by atoms with Crippen molar-refractivity contribution in [2.45, 2.75) is 105 Å². The monoisotopic (exact) mass is 583 g/mol. The number of benzene rings is 2. The zero-order valence-electron chi connectivity index (χ0n) is 26.7. The number of hydrogen-bond acceptors (Lipinski definition) is 5. The molecule has 3 amide bonds. The first-order chi connectivity index (χ1) is 19.0. The molecule has 0 fully saturated rings. The molecular formula is C33H49N3O4S. The molecule has 41 heavy (non-hydrogen) atoms. The van der Waals surface area contributed by atoms with Gasteiger partial charge in [-0.05, 0) is 115 Å². The summed E-state index contributed by atoms with van der Waals surface area (Å²) in [6.07, 6.45) is 2.29. The molecule has 0 aliphatic carbocycles. The van der Waals surface area contributed by atoms with Crippen molar-refractivity contribution >= 4 is 35.4 Å². The van der Waals surface area contributed by atoms with Gasteiger partial charge in [0.05, 0.1) is 0 Å². The average molecular weight is 584 g/mol. The first-order valence-corrected chi connectivity index (χ1v) is 15.7. The largest absolute Gasteiger partial charge is 0.444 e. The van der Waals surface area contributed by atoms with Crippen LogP contribution in [0.3, 0.4) is 0 Å². The van der Waals surface area contributed by atoms with Crippen LogP contribution in [0.2, 0.25) is 0 Å². The second-order valence-electron chi connectivity index (χ2n) is 12.4. The number of carbonyl (C=O) groups is 3. The molecule has 0 saturated heterocycles. The summed E-state index contributed by atoms with van der Waals surface area (Å²) in [5, 5.41) is 5.97. The molecule has 2 aromatic carbocycles. The van der Waals surface area contributed by atoms with Crippen LogP contribution in [0.15, 0.2) is 36.4 Å². The second kappa shape index (κ2) is 14.3. The molecule has 8 heteroatoms. The van der Waals surface area contributed by atoms with Gasteiger partial charge in [-0.3, -0.25) is 9.59 Å². The molecule has 0 saturated carbocycles. The normalized spacial score (nSPS) is 13.2. The lowest BCUT2D eigenvalue weighted by Crippen LogP contribution is -2.59. The molecule has 226 valence electrons. The minimum atomic E-state index is -0.937. The maximum atomic E-state index is 14.6. The maximum Gasteiger partial charge on any atom is 0.408 e. The number of aryl methyl sites for hydroxylation is 4. The van der Waals surface area contributed by atoms with Crippen molar-refractivity contribution in [2.75, 3.05) is 17.3 Å². The Morgan fingerprint density at radius 2 is 1.54 bits per heavy atom. The van der Waals surface area contributed by atoms with E-state index in [1.165, 1.54) is 0 Å². The molecule has 7 nitrogen and oxygen atoms in total. The van der Waals surface area contributed by atoms with Gasteiger partial charge in [-0.15, -0.1) is 0 Å². The lowest BCUT2D eigenvalue weighted by Gasteiger charge is -2.44. The second-order valence-corrected chi connectivity index (χ2v) is 13.3. The van der Waals surface area contributed by atoms with E-state index in [9.17, 15) is 14.4 Å². The van der Waals surface area contributed by atoms with E-state index in [1.54, 1.807) is 37.4 Å². The Kier molecular flexibility index (Phi) is 11.9. The Morgan fingerprint density at radius 3 is 2.05 bits per heavy atom. The molecule has 0 aliphatic rings. The summed E-state index contributed by atoms with van der Waals surface area (Å²) in [6.45, 7) is 19.2. The van der Waals surface area contributed by atoms with Gasteiger partial charge in [0.15, 0.2) is 0 Å². The highest BCUT2D eigenvalue weighted by molar-refractivity contribution is 7.98. The van der Waals surface area contributed by atoms with Crippen molar-refractivity contribution in [1.82, 2.24) is 10.2 Å². The van der Waals surface area contributed by atoms with Crippen molar-refractivity contribution in [3.8, 4) is 0 Å². The predicted molar refractivity (Wildman–Crippen MR) is 171 cm³/mol. The van der Waals surface area contributed by atoms with E-state index in [4.69, 9.17) is 4.74 Å². The number of para-hydroxylation sites is 1. The standard InChI is InChI=1S/C33H49N3O4S/c1-12-33(9,10)36(30(38)26(18-19-41-11)34-31(39)40-32(6,7)8)28(25-17-16-21(2)24(5)20-25)29(37)35-27-22(3)14-13-15-23(27)4/h13-17,20,26,28H,12,18-19H2,1-11H3,(H,34,39)(H,35,37). The average Bonchev–Trinajstić information content (AvgIpc) is 2.87. The highest BCUT2D eigenvalue weighted by Gasteiger charge is 2.43. The lowest BCUT2D eigenvalue weighted by atomic mass is 9.90. The Hall–Kier alpha value is -3.00. The first kappa shape index (κ1) is 34.2. The molecule has 0 aliphatic heterocycles. The quantitative estimate of drug-likeness (QED) is 0.291. The first-order valence-electron chi connectivity index (χ1n) is 14.3. The number of rotatable bonds is 11. The number of nitrogens with zero attached hydrogens (tertiary/aromatic N) is 1. The van der Waals surface area contributed by atoms with E-state index < -0.39 is 29.3 Å². The molecular weight excluding hydrogens is 534 g/mol. The van der Waals surface area contributed by atoms with Crippen LogP contribution in [0.4, 0.5) is 10.5 Å². The number of carbonyl (C=O) groups excluding carboxylic acids is 3. The SMILES string of the molecule is CCC(C)(C)N(C(=O)C(CCSC)NC(=O)OC(C)(C)C)C(C(=O)Nc1c(C)cccc1C)c1ccc(C)c(C)c1. The number of ether oxygens (including phenoxy) is 1. The van der Waals surface area contributed by atoms with Crippen LogP contribution in [0, 0.1) is 27.7 Å². The summed E-state index contributed by atoms with van der Waals surface area (Å²) < 4.78 is 5.51. The van der Waals surface area contributed by atoms with Crippen molar-refractivity contribution < 1.29 is 19.1 Å². The van der Waals surface area contributed by atoms with Crippen LogP contribution in [-0.2, 0) is 14.3 Å². The molecule has 0 heterocycles. The maximum absolute atomic E-state index is 14.6. The third-order valence-corrected chi connectivity index (χ3v) is 8.08. The molecule has 0 aromatic heterocycles. The van der Waals surface area contributed by atoms with E-state index in [-0.39, 0.29) is 11.8 Å². The summed E-state index contributed by atoms with van der Waals surface area (Å²) >= 11 is 1.59. The highest BCUT2D eigenvalue weighted by atomic mass is 32.2. The fourth-order valence-electron chi connectivity index (χ4n) is 4.61. The number of hydrogen-bond donors (Lipinski definition) is 2. The number of nitrogens with one attached hydrogen (secondary N) is 2. The minimum absolute atomic E-state index is 0.304. The third kappa shape index (κ3) is 9.25. The van der Waals surface area contributed by atoms with Gasteiger partial charge in [-0.2, -0.15) is 11.8 Å². The molecule has 2 unspecified atom stereocenters. The topological polar surface area (TPSA) is 87.7 Å². The van der Waals surface area contributed by atoms with Crippen molar-refractivity contribution in [2.24, 2.45) is 0 Å².